The van der Waals surface area contributed by atoms with Gasteiger partial charge < -0.3 is 4.74 Å². The first-order chi connectivity index (χ1) is 17.1. The number of allylic oxidation sites excluding steroid dienone is 1. The number of carbonyl (C=O) groups excluding carboxylic acids is 1. The lowest BCUT2D eigenvalue weighted by Crippen LogP contribution is -2.40. The van der Waals surface area contributed by atoms with E-state index in [0.717, 1.165) is 37.0 Å². The molecule has 0 radical (unpaired) electrons. The molecular weight excluding hydrogens is 435 g/mol. The van der Waals surface area contributed by atoms with Crippen molar-refractivity contribution in [1.82, 2.24) is 0 Å². The second-order valence-corrected chi connectivity index (χ2v) is 11.8. The highest BCUT2D eigenvalue weighted by Crippen LogP contribution is 2.50. The minimum absolute atomic E-state index is 0.0208. The van der Waals surface area contributed by atoms with Gasteiger partial charge in [0.1, 0.15) is 11.6 Å². The largest absolute Gasteiger partial charge is 0.426 e. The van der Waals surface area contributed by atoms with E-state index in [2.05, 4.69) is 13.5 Å². The molecule has 1 aromatic carbocycles. The number of benzene rings is 1. The number of ether oxygens (including phenoxy) is 1. The van der Waals surface area contributed by atoms with Crippen molar-refractivity contribution in [2.24, 2.45) is 35.5 Å². The zero-order chi connectivity index (χ0) is 24.6. The van der Waals surface area contributed by atoms with Gasteiger partial charge in [-0.15, -0.1) is 6.58 Å². The number of aryl methyl sites for hydroxylation is 1. The number of carbonyl (C=O) groups is 1. The summed E-state index contributed by atoms with van der Waals surface area (Å²) in [5.41, 5.74) is 0.649. The van der Waals surface area contributed by atoms with Crippen LogP contribution in [0.5, 0.6) is 5.75 Å². The summed E-state index contributed by atoms with van der Waals surface area (Å²) in [6.07, 6.45) is 21.6. The summed E-state index contributed by atoms with van der Waals surface area (Å²) in [5, 5.41) is 0. The van der Waals surface area contributed by atoms with Crippen LogP contribution in [-0.4, -0.2) is 5.97 Å². The molecule has 3 heteroatoms. The fraction of sp³-hybridized carbons (Fsp3) is 0.719. The molecular formula is C32H47FO2. The van der Waals surface area contributed by atoms with Crippen LogP contribution in [0.2, 0.25) is 0 Å². The molecule has 4 rings (SSSR count). The molecule has 0 N–H and O–H groups in total. The summed E-state index contributed by atoms with van der Waals surface area (Å²) in [6, 6.07) is 4.87. The quantitative estimate of drug-likeness (QED) is 0.144. The van der Waals surface area contributed by atoms with Gasteiger partial charge in [-0.1, -0.05) is 70.4 Å². The van der Waals surface area contributed by atoms with E-state index >= 15 is 0 Å². The lowest BCUT2D eigenvalue weighted by molar-refractivity contribution is -0.144. The van der Waals surface area contributed by atoms with E-state index in [9.17, 15) is 9.18 Å². The maximum atomic E-state index is 14.4. The Morgan fingerprint density at radius 3 is 2.57 bits per heavy atom. The van der Waals surface area contributed by atoms with Crippen LogP contribution in [-0.2, 0) is 11.2 Å². The number of unbranched alkanes of at least 4 members (excludes halogenated alkanes) is 2. The molecule has 3 fully saturated rings. The Morgan fingerprint density at radius 1 is 1.03 bits per heavy atom. The molecule has 0 heterocycles. The average Bonchev–Trinajstić information content (AvgIpc) is 2.88. The lowest BCUT2D eigenvalue weighted by atomic mass is 9.59. The van der Waals surface area contributed by atoms with Crippen LogP contribution in [0.15, 0.2) is 30.9 Å². The van der Waals surface area contributed by atoms with Crippen LogP contribution in [0.4, 0.5) is 4.39 Å². The lowest BCUT2D eigenvalue weighted by Gasteiger charge is -2.46. The summed E-state index contributed by atoms with van der Waals surface area (Å²) in [7, 11) is 0. The highest BCUT2D eigenvalue weighted by Gasteiger charge is 2.43. The number of esters is 1. The van der Waals surface area contributed by atoms with E-state index in [1.165, 1.54) is 83.1 Å². The molecule has 0 amide bonds. The van der Waals surface area contributed by atoms with Gasteiger partial charge in [-0.3, -0.25) is 4.79 Å². The SMILES string of the molecule is C=CCCc1ccc(OC(=O)C2CCCC3CC(C4CCC(CCCCC)CC4)CCC32)cc1F. The van der Waals surface area contributed by atoms with Crippen molar-refractivity contribution in [3.05, 3.63) is 42.2 Å². The standard InChI is InChI=1S/C32H47FO2/c1-3-5-7-9-23-13-15-24(16-14-23)26-18-20-29-27(21-26)11-8-12-30(29)32(34)35-28-19-17-25(10-6-4-2)31(33)22-28/h4,17,19,22-24,26-27,29-30H,2-3,5-16,18,20-21H2,1H3. The Kier molecular flexibility index (Phi) is 9.86. The molecule has 35 heavy (non-hydrogen) atoms. The second-order valence-electron chi connectivity index (χ2n) is 11.8. The van der Waals surface area contributed by atoms with Gasteiger partial charge in [0.15, 0.2) is 0 Å². The van der Waals surface area contributed by atoms with E-state index in [1.807, 2.05) is 0 Å². The topological polar surface area (TPSA) is 26.3 Å². The van der Waals surface area contributed by atoms with E-state index < -0.39 is 0 Å². The Hall–Kier alpha value is -1.64. The minimum Gasteiger partial charge on any atom is -0.426 e. The molecule has 0 aliphatic heterocycles. The highest BCUT2D eigenvalue weighted by atomic mass is 19.1. The molecule has 3 saturated carbocycles. The first kappa shape index (κ1) is 26.4. The van der Waals surface area contributed by atoms with Crippen molar-refractivity contribution in [2.45, 2.75) is 110 Å². The Morgan fingerprint density at radius 2 is 1.83 bits per heavy atom. The van der Waals surface area contributed by atoms with E-state index in [4.69, 9.17) is 4.74 Å². The molecule has 0 bridgehead atoms. The Bertz CT molecular complexity index is 825. The van der Waals surface area contributed by atoms with Crippen molar-refractivity contribution >= 4 is 5.97 Å². The van der Waals surface area contributed by atoms with Crippen LogP contribution >= 0.6 is 0 Å². The molecule has 194 valence electrons. The van der Waals surface area contributed by atoms with Crippen molar-refractivity contribution in [3.8, 4) is 5.75 Å². The normalized spacial score (nSPS) is 30.9. The number of hydrogen-bond acceptors (Lipinski definition) is 2. The van der Waals surface area contributed by atoms with E-state index in [1.54, 1.807) is 18.2 Å². The number of hydrogen-bond donors (Lipinski definition) is 0. The van der Waals surface area contributed by atoms with Crippen LogP contribution in [0.25, 0.3) is 0 Å². The summed E-state index contributed by atoms with van der Waals surface area (Å²) in [5.74, 6) is 3.77. The third-order valence-electron chi connectivity index (χ3n) is 9.63. The average molecular weight is 483 g/mol. The molecule has 2 nitrogen and oxygen atoms in total. The van der Waals surface area contributed by atoms with Gasteiger partial charge in [0.25, 0.3) is 0 Å². The first-order valence-electron chi connectivity index (χ1n) is 14.7. The third-order valence-corrected chi connectivity index (χ3v) is 9.63. The predicted molar refractivity (Wildman–Crippen MR) is 142 cm³/mol. The Balaban J connectivity index is 1.28. The fourth-order valence-electron chi connectivity index (χ4n) is 7.60. The number of rotatable bonds is 10. The summed E-state index contributed by atoms with van der Waals surface area (Å²) in [6.45, 7) is 6.00. The van der Waals surface area contributed by atoms with Gasteiger partial charge >= 0.3 is 5.97 Å². The summed E-state index contributed by atoms with van der Waals surface area (Å²) in [4.78, 5) is 13.2. The van der Waals surface area contributed by atoms with E-state index in [0.29, 0.717) is 29.6 Å². The maximum Gasteiger partial charge on any atom is 0.314 e. The summed E-state index contributed by atoms with van der Waals surface area (Å²) < 4.78 is 20.2. The smallest absolute Gasteiger partial charge is 0.314 e. The molecule has 3 aliphatic rings. The van der Waals surface area contributed by atoms with Gasteiger partial charge in [-0.2, -0.15) is 0 Å². The van der Waals surface area contributed by atoms with Gasteiger partial charge in [-0.05, 0) is 92.6 Å². The van der Waals surface area contributed by atoms with Gasteiger partial charge in [0.05, 0.1) is 5.92 Å². The molecule has 1 aromatic rings. The van der Waals surface area contributed by atoms with Crippen molar-refractivity contribution in [2.75, 3.05) is 0 Å². The van der Waals surface area contributed by atoms with Gasteiger partial charge in [-0.25, -0.2) is 4.39 Å². The molecule has 0 saturated heterocycles. The zero-order valence-corrected chi connectivity index (χ0v) is 22.0. The van der Waals surface area contributed by atoms with Crippen molar-refractivity contribution in [3.63, 3.8) is 0 Å². The van der Waals surface area contributed by atoms with Crippen LogP contribution in [0, 0.1) is 41.3 Å². The number of fused-ring (bicyclic) bond motifs is 1. The fourth-order valence-corrected chi connectivity index (χ4v) is 7.60. The number of halogens is 1. The van der Waals surface area contributed by atoms with Crippen LogP contribution in [0.3, 0.4) is 0 Å². The molecule has 0 spiro atoms. The van der Waals surface area contributed by atoms with Gasteiger partial charge in [0, 0.05) is 6.07 Å². The molecule has 4 atom stereocenters. The van der Waals surface area contributed by atoms with Crippen LogP contribution in [0.1, 0.15) is 109 Å². The van der Waals surface area contributed by atoms with Crippen molar-refractivity contribution < 1.29 is 13.9 Å². The Labute approximate surface area is 213 Å². The molecule has 0 aromatic heterocycles. The van der Waals surface area contributed by atoms with Crippen molar-refractivity contribution in [1.29, 1.82) is 0 Å². The monoisotopic (exact) mass is 482 g/mol. The van der Waals surface area contributed by atoms with E-state index in [-0.39, 0.29) is 17.7 Å². The predicted octanol–water partition coefficient (Wildman–Crippen LogP) is 9.07. The highest BCUT2D eigenvalue weighted by molar-refractivity contribution is 5.75. The summed E-state index contributed by atoms with van der Waals surface area (Å²) >= 11 is 0. The van der Waals surface area contributed by atoms with Crippen LogP contribution < -0.4 is 4.74 Å². The third kappa shape index (κ3) is 6.98. The maximum absolute atomic E-state index is 14.4. The first-order valence-corrected chi connectivity index (χ1v) is 14.7. The second kappa shape index (κ2) is 13.1. The van der Waals surface area contributed by atoms with Gasteiger partial charge in [0.2, 0.25) is 0 Å². The minimum atomic E-state index is -0.292. The molecule has 3 aliphatic carbocycles. The molecule has 4 unspecified atom stereocenters. The zero-order valence-electron chi connectivity index (χ0n) is 22.0.